The average Bonchev–Trinajstić information content (AvgIpc) is 3.59. The number of ether oxygens (including phenoxy) is 2. The van der Waals surface area contributed by atoms with Crippen LogP contribution in [0.4, 0.5) is 0 Å². The van der Waals surface area contributed by atoms with E-state index in [-0.39, 0.29) is 41.4 Å². The molecule has 0 aliphatic carbocycles. The van der Waals surface area contributed by atoms with Crippen molar-refractivity contribution < 1.29 is 31.9 Å². The molecule has 2 heterocycles. The number of amides is 1. The molecule has 1 aliphatic heterocycles. The smallest absolute Gasteiger partial charge is 0.340 e. The zero-order valence-corrected chi connectivity index (χ0v) is 28.4. The highest BCUT2D eigenvalue weighted by atomic mass is 35.5. The van der Waals surface area contributed by atoms with Gasteiger partial charge in [-0.3, -0.25) is 4.79 Å². The Balaban J connectivity index is 1.45. The van der Waals surface area contributed by atoms with E-state index in [2.05, 4.69) is 0 Å². The molecule has 5 rings (SSSR count). The van der Waals surface area contributed by atoms with Crippen LogP contribution in [0.25, 0.3) is 6.08 Å². The van der Waals surface area contributed by atoms with E-state index in [9.17, 15) is 18.0 Å². The maximum atomic E-state index is 13.8. The van der Waals surface area contributed by atoms with E-state index in [1.165, 1.54) is 22.4 Å². The minimum Gasteiger partial charge on any atom is -0.497 e. The fourth-order valence-corrected chi connectivity index (χ4v) is 6.85. The van der Waals surface area contributed by atoms with Gasteiger partial charge in [0.15, 0.2) is 0 Å². The van der Waals surface area contributed by atoms with E-state index >= 15 is 0 Å². The largest absolute Gasteiger partial charge is 0.497 e. The number of benzene rings is 3. The highest BCUT2D eigenvalue weighted by molar-refractivity contribution is 7.89. The third-order valence-corrected chi connectivity index (χ3v) is 10.2. The molecule has 1 aromatic heterocycles. The van der Waals surface area contributed by atoms with Crippen LogP contribution in [-0.2, 0) is 44.0 Å². The van der Waals surface area contributed by atoms with Gasteiger partial charge in [0.25, 0.3) is 5.91 Å². The summed E-state index contributed by atoms with van der Waals surface area (Å²) in [6, 6.07) is 22.0. The summed E-state index contributed by atoms with van der Waals surface area (Å²) >= 11 is 12.3. The molecular weight excluding hydrogens is 663 g/mol. The summed E-state index contributed by atoms with van der Waals surface area (Å²) < 4.78 is 45.2. The molecule has 0 radical (unpaired) electrons. The third kappa shape index (κ3) is 7.47. The van der Waals surface area contributed by atoms with E-state index in [4.69, 9.17) is 37.1 Å². The molecule has 9 nitrogen and oxygen atoms in total. The van der Waals surface area contributed by atoms with Crippen molar-refractivity contribution in [2.24, 2.45) is 0 Å². The molecule has 1 aliphatic rings. The second kappa shape index (κ2) is 14.2. The normalized spacial score (nSPS) is 14.4. The van der Waals surface area contributed by atoms with Gasteiger partial charge in [0, 0.05) is 12.2 Å². The first-order chi connectivity index (χ1) is 22.4. The van der Waals surface area contributed by atoms with Crippen molar-refractivity contribution in [1.82, 2.24) is 9.21 Å². The van der Waals surface area contributed by atoms with Gasteiger partial charge in [0.2, 0.25) is 10.0 Å². The predicted octanol–water partition coefficient (Wildman–Crippen LogP) is 7.17. The Hall–Kier alpha value is -4.35. The molecule has 0 atom stereocenters. The summed E-state index contributed by atoms with van der Waals surface area (Å²) in [6.45, 7) is 3.63. The Labute approximate surface area is 283 Å². The minimum atomic E-state index is -3.99. The van der Waals surface area contributed by atoms with Crippen molar-refractivity contribution in [3.63, 3.8) is 0 Å². The topological polar surface area (TPSA) is 106 Å². The Kier molecular flexibility index (Phi) is 10.3. The number of hydrogen-bond acceptors (Lipinski definition) is 7. The number of methoxy groups -OCH3 is 2. The molecule has 244 valence electrons. The molecule has 0 N–H and O–H groups in total. The number of hydrogen-bond donors (Lipinski definition) is 0. The Morgan fingerprint density at radius 2 is 1.57 bits per heavy atom. The number of carbonyl (C=O) groups is 2. The molecule has 0 fully saturated rings. The van der Waals surface area contributed by atoms with Gasteiger partial charge in [0.05, 0.1) is 53.4 Å². The lowest BCUT2D eigenvalue weighted by Crippen LogP contribution is -2.30. The van der Waals surface area contributed by atoms with Gasteiger partial charge in [-0.25, -0.2) is 13.2 Å². The number of aryl methyl sites for hydroxylation is 1. The van der Waals surface area contributed by atoms with Gasteiger partial charge in [-0.1, -0.05) is 59.1 Å². The summed E-state index contributed by atoms with van der Waals surface area (Å²) in [5.74, 6) is 0.183. The first kappa shape index (κ1) is 34.0. The van der Waals surface area contributed by atoms with Crippen LogP contribution in [0.15, 0.2) is 105 Å². The van der Waals surface area contributed by atoms with Crippen molar-refractivity contribution in [3.8, 4) is 5.75 Å². The number of carbonyl (C=O) groups excluding carboxylic acids is 2. The molecule has 1 amide bonds. The van der Waals surface area contributed by atoms with Crippen molar-refractivity contribution in [1.29, 1.82) is 0 Å². The van der Waals surface area contributed by atoms with Crippen molar-refractivity contribution >= 4 is 51.2 Å². The maximum absolute atomic E-state index is 13.8. The van der Waals surface area contributed by atoms with Gasteiger partial charge in [0.1, 0.15) is 17.3 Å². The van der Waals surface area contributed by atoms with Crippen LogP contribution in [0.3, 0.4) is 0 Å². The van der Waals surface area contributed by atoms with E-state index < -0.39 is 21.9 Å². The third-order valence-electron chi connectivity index (χ3n) is 7.70. The molecule has 0 unspecified atom stereocenters. The second-order valence-corrected chi connectivity index (χ2v) is 13.6. The lowest BCUT2D eigenvalue weighted by Gasteiger charge is -2.22. The minimum absolute atomic E-state index is 0.0164. The predicted molar refractivity (Wildman–Crippen MR) is 179 cm³/mol. The number of esters is 1. The van der Waals surface area contributed by atoms with Crippen molar-refractivity contribution in [3.05, 3.63) is 134 Å². The highest BCUT2D eigenvalue weighted by Gasteiger charge is 2.37. The maximum Gasteiger partial charge on any atom is 0.340 e. The lowest BCUT2D eigenvalue weighted by molar-refractivity contribution is -0.136. The van der Waals surface area contributed by atoms with Crippen molar-refractivity contribution in [2.45, 2.75) is 38.4 Å². The van der Waals surface area contributed by atoms with Crippen LogP contribution in [-0.4, -0.2) is 43.7 Å². The number of nitrogens with zero attached hydrogens (tertiary/aromatic N) is 2. The van der Waals surface area contributed by atoms with Crippen LogP contribution < -0.4 is 4.74 Å². The van der Waals surface area contributed by atoms with Gasteiger partial charge in [-0.2, -0.15) is 4.31 Å². The van der Waals surface area contributed by atoms with E-state index in [0.29, 0.717) is 32.8 Å². The van der Waals surface area contributed by atoms with Crippen LogP contribution >= 0.6 is 23.2 Å². The Bertz CT molecular complexity index is 1980. The summed E-state index contributed by atoms with van der Waals surface area (Å²) in [7, 11) is -1.17. The summed E-state index contributed by atoms with van der Waals surface area (Å²) in [4.78, 5) is 28.1. The number of furan rings is 1. The highest BCUT2D eigenvalue weighted by Crippen LogP contribution is 2.34. The quantitative estimate of drug-likeness (QED) is 0.121. The van der Waals surface area contributed by atoms with Gasteiger partial charge >= 0.3 is 5.97 Å². The number of sulfonamides is 1. The van der Waals surface area contributed by atoms with Crippen molar-refractivity contribution in [2.75, 3.05) is 14.2 Å². The monoisotopic (exact) mass is 694 g/mol. The summed E-state index contributed by atoms with van der Waals surface area (Å²) in [5, 5.41) is 0.655. The molecule has 3 aromatic carbocycles. The van der Waals surface area contributed by atoms with E-state index in [0.717, 1.165) is 11.1 Å². The standard InChI is InChI=1S/C35H32Cl2N2O7S/c1-22-5-14-29(15-6-22)47(42,43)38(19-25-9-16-31(36)32(37)17-25)21-28-13-12-27(46-28)18-30-33(35(41)45-4)23(2)39(34(30)40)20-24-7-10-26(44-3)11-8-24/h5-18H,19-21H2,1-4H3/b30-18+. The number of allylic oxidation sites excluding steroid dienone is 1. The SMILES string of the molecule is COC(=O)C1=C(C)N(Cc2ccc(OC)cc2)C(=O)/C1=C/c1ccc(CN(Cc2ccc(Cl)c(Cl)c2)S(=O)(=O)c2ccc(C)cc2)o1. The first-order valence-electron chi connectivity index (χ1n) is 14.5. The molecule has 0 saturated carbocycles. The zero-order chi connectivity index (χ0) is 33.9. The average molecular weight is 696 g/mol. The van der Waals surface area contributed by atoms with Crippen LogP contribution in [0.5, 0.6) is 5.75 Å². The molecule has 0 saturated heterocycles. The van der Waals surface area contributed by atoms with Gasteiger partial charge in [-0.15, -0.1) is 0 Å². The first-order valence-corrected chi connectivity index (χ1v) is 16.7. The molecule has 0 spiro atoms. The molecule has 47 heavy (non-hydrogen) atoms. The summed E-state index contributed by atoms with van der Waals surface area (Å²) in [5.41, 5.74) is 3.04. The van der Waals surface area contributed by atoms with Crippen LogP contribution in [0.1, 0.15) is 35.1 Å². The van der Waals surface area contributed by atoms with Crippen LogP contribution in [0.2, 0.25) is 10.0 Å². The van der Waals surface area contributed by atoms with Gasteiger partial charge in [-0.05, 0) is 79.6 Å². The second-order valence-electron chi connectivity index (χ2n) is 10.9. The fourth-order valence-electron chi connectivity index (χ4n) is 5.13. The number of rotatable bonds is 11. The van der Waals surface area contributed by atoms with E-state index in [1.54, 1.807) is 80.8 Å². The Morgan fingerprint density at radius 1 is 0.894 bits per heavy atom. The lowest BCUT2D eigenvalue weighted by atomic mass is 10.1. The number of halogens is 2. The van der Waals surface area contributed by atoms with Gasteiger partial charge < -0.3 is 18.8 Å². The molecule has 4 aromatic rings. The molecule has 12 heteroatoms. The fraction of sp³-hybridized carbons (Fsp3) is 0.200. The van der Waals surface area contributed by atoms with Crippen LogP contribution in [0, 0.1) is 6.92 Å². The molecular formula is C35H32Cl2N2O7S. The molecule has 0 bridgehead atoms. The summed E-state index contributed by atoms with van der Waals surface area (Å²) in [6.07, 6.45) is 1.47. The Morgan fingerprint density at radius 3 is 2.21 bits per heavy atom. The zero-order valence-electron chi connectivity index (χ0n) is 26.1. The van der Waals surface area contributed by atoms with E-state index in [1.807, 2.05) is 19.1 Å².